The summed E-state index contributed by atoms with van der Waals surface area (Å²) in [6.45, 7) is 6.79. The molecule has 0 radical (unpaired) electrons. The number of benzene rings is 1. The highest BCUT2D eigenvalue weighted by molar-refractivity contribution is 5.96. The van der Waals surface area contributed by atoms with Gasteiger partial charge in [0, 0.05) is 18.5 Å². The molecular weight excluding hydrogens is 228 g/mol. The lowest BCUT2D eigenvalue weighted by atomic mass is 10.1. The molecule has 1 heterocycles. The van der Waals surface area contributed by atoms with E-state index in [2.05, 4.69) is 24.1 Å². The smallest absolute Gasteiger partial charge is 0.251 e. The third kappa shape index (κ3) is 2.70. The van der Waals surface area contributed by atoms with Crippen molar-refractivity contribution >= 4 is 17.0 Å². The van der Waals surface area contributed by atoms with Crippen LogP contribution in [0.25, 0.3) is 11.1 Å². The van der Waals surface area contributed by atoms with E-state index in [4.69, 9.17) is 4.42 Å². The molecule has 4 nitrogen and oxygen atoms in total. The predicted octanol–water partition coefficient (Wildman–Crippen LogP) is 2.78. The van der Waals surface area contributed by atoms with Gasteiger partial charge in [0.1, 0.15) is 5.52 Å². The lowest BCUT2D eigenvalue weighted by Gasteiger charge is -2.07. The van der Waals surface area contributed by atoms with Crippen LogP contribution in [0.3, 0.4) is 0 Å². The van der Waals surface area contributed by atoms with Crippen molar-refractivity contribution in [2.75, 3.05) is 6.54 Å². The molecule has 96 valence electrons. The Balaban J connectivity index is 2.21. The van der Waals surface area contributed by atoms with Gasteiger partial charge in [0.25, 0.3) is 5.91 Å². The first-order valence-electron chi connectivity index (χ1n) is 6.27. The van der Waals surface area contributed by atoms with Crippen molar-refractivity contribution in [1.29, 1.82) is 0 Å². The van der Waals surface area contributed by atoms with Crippen molar-refractivity contribution in [3.05, 3.63) is 29.7 Å². The van der Waals surface area contributed by atoms with E-state index in [1.54, 1.807) is 12.1 Å². The van der Waals surface area contributed by atoms with Gasteiger partial charge in [-0.15, -0.1) is 0 Å². The molecule has 0 saturated carbocycles. The van der Waals surface area contributed by atoms with E-state index in [9.17, 15) is 4.79 Å². The van der Waals surface area contributed by atoms with E-state index in [1.165, 1.54) is 0 Å². The molecule has 1 aromatic heterocycles. The number of nitrogens with zero attached hydrogens (tertiary/aromatic N) is 1. The van der Waals surface area contributed by atoms with Gasteiger partial charge in [0.05, 0.1) is 0 Å². The van der Waals surface area contributed by atoms with Crippen molar-refractivity contribution in [3.8, 4) is 0 Å². The topological polar surface area (TPSA) is 55.1 Å². The summed E-state index contributed by atoms with van der Waals surface area (Å²) in [6, 6.07) is 5.35. The van der Waals surface area contributed by atoms with Crippen molar-refractivity contribution in [1.82, 2.24) is 10.3 Å². The molecule has 2 rings (SSSR count). The summed E-state index contributed by atoms with van der Waals surface area (Å²) in [7, 11) is 0. The number of nitrogens with one attached hydrogen (secondary N) is 1. The second-order valence-electron chi connectivity index (χ2n) is 4.75. The zero-order valence-corrected chi connectivity index (χ0v) is 11.0. The lowest BCUT2D eigenvalue weighted by Crippen LogP contribution is -2.27. The highest BCUT2D eigenvalue weighted by atomic mass is 16.3. The number of rotatable bonds is 4. The van der Waals surface area contributed by atoms with E-state index < -0.39 is 0 Å². The van der Waals surface area contributed by atoms with Gasteiger partial charge in [-0.05, 0) is 24.1 Å². The molecule has 0 aliphatic carbocycles. The zero-order valence-electron chi connectivity index (χ0n) is 11.0. The van der Waals surface area contributed by atoms with Gasteiger partial charge in [0.15, 0.2) is 11.5 Å². The Morgan fingerprint density at radius 1 is 1.44 bits per heavy atom. The molecule has 1 aromatic carbocycles. The average Bonchev–Trinajstić information content (AvgIpc) is 2.77. The SMILES string of the molecule is CCc1nc2ccc(C(=O)NCC(C)C)cc2o1. The Morgan fingerprint density at radius 3 is 2.89 bits per heavy atom. The minimum Gasteiger partial charge on any atom is -0.441 e. The largest absolute Gasteiger partial charge is 0.441 e. The molecular formula is C14H18N2O2. The van der Waals surface area contributed by atoms with E-state index >= 15 is 0 Å². The van der Waals surface area contributed by atoms with E-state index in [0.29, 0.717) is 29.5 Å². The van der Waals surface area contributed by atoms with Gasteiger partial charge in [-0.2, -0.15) is 0 Å². The van der Waals surface area contributed by atoms with E-state index in [-0.39, 0.29) is 5.91 Å². The number of fused-ring (bicyclic) bond motifs is 1. The second kappa shape index (κ2) is 5.21. The maximum Gasteiger partial charge on any atom is 0.251 e. The van der Waals surface area contributed by atoms with Crippen LogP contribution in [-0.4, -0.2) is 17.4 Å². The van der Waals surface area contributed by atoms with Gasteiger partial charge in [-0.25, -0.2) is 4.98 Å². The summed E-state index contributed by atoms with van der Waals surface area (Å²) < 4.78 is 5.54. The summed E-state index contributed by atoms with van der Waals surface area (Å²) in [5, 5.41) is 2.88. The standard InChI is InChI=1S/C14H18N2O2/c1-4-13-16-11-6-5-10(7-12(11)18-13)14(17)15-8-9(2)3/h5-7,9H,4,8H2,1-3H3,(H,15,17). The van der Waals surface area contributed by atoms with Crippen LogP contribution in [0.15, 0.2) is 22.6 Å². The van der Waals surface area contributed by atoms with Crippen LogP contribution in [0.5, 0.6) is 0 Å². The maximum absolute atomic E-state index is 11.9. The van der Waals surface area contributed by atoms with Gasteiger partial charge in [0.2, 0.25) is 0 Å². The fraction of sp³-hybridized carbons (Fsp3) is 0.429. The predicted molar refractivity (Wildman–Crippen MR) is 70.6 cm³/mol. The molecule has 1 amide bonds. The summed E-state index contributed by atoms with van der Waals surface area (Å²) in [4.78, 5) is 16.2. The Morgan fingerprint density at radius 2 is 2.22 bits per heavy atom. The lowest BCUT2D eigenvalue weighted by molar-refractivity contribution is 0.0949. The number of aromatic nitrogens is 1. The molecule has 2 aromatic rings. The Bertz CT molecular complexity index is 558. The van der Waals surface area contributed by atoms with Gasteiger partial charge >= 0.3 is 0 Å². The molecule has 18 heavy (non-hydrogen) atoms. The van der Waals surface area contributed by atoms with Crippen LogP contribution in [0.4, 0.5) is 0 Å². The van der Waals surface area contributed by atoms with Crippen molar-refractivity contribution in [2.24, 2.45) is 5.92 Å². The summed E-state index contributed by atoms with van der Waals surface area (Å²) >= 11 is 0. The number of amides is 1. The highest BCUT2D eigenvalue weighted by Crippen LogP contribution is 2.17. The van der Waals surface area contributed by atoms with Crippen molar-refractivity contribution < 1.29 is 9.21 Å². The average molecular weight is 246 g/mol. The first kappa shape index (κ1) is 12.6. The third-order valence-corrected chi connectivity index (χ3v) is 2.67. The molecule has 0 atom stereocenters. The molecule has 0 aliphatic heterocycles. The van der Waals surface area contributed by atoms with E-state index in [0.717, 1.165) is 11.9 Å². The normalized spacial score (nSPS) is 11.1. The van der Waals surface area contributed by atoms with Gasteiger partial charge in [-0.3, -0.25) is 4.79 Å². The van der Waals surface area contributed by atoms with Gasteiger partial charge < -0.3 is 9.73 Å². The molecule has 0 bridgehead atoms. The monoisotopic (exact) mass is 246 g/mol. The second-order valence-corrected chi connectivity index (χ2v) is 4.75. The minimum atomic E-state index is -0.0694. The van der Waals surface area contributed by atoms with Gasteiger partial charge in [-0.1, -0.05) is 20.8 Å². The number of aryl methyl sites for hydroxylation is 1. The Hall–Kier alpha value is -1.84. The summed E-state index contributed by atoms with van der Waals surface area (Å²) in [5.41, 5.74) is 2.08. The molecule has 0 fully saturated rings. The maximum atomic E-state index is 11.9. The Kier molecular flexibility index (Phi) is 3.65. The molecule has 0 aliphatic rings. The molecule has 0 saturated heterocycles. The van der Waals surface area contributed by atoms with Crippen molar-refractivity contribution in [3.63, 3.8) is 0 Å². The molecule has 1 N–H and O–H groups in total. The number of hydrogen-bond acceptors (Lipinski definition) is 3. The van der Waals surface area contributed by atoms with E-state index in [1.807, 2.05) is 13.0 Å². The molecule has 4 heteroatoms. The van der Waals surface area contributed by atoms with Crippen LogP contribution >= 0.6 is 0 Å². The third-order valence-electron chi connectivity index (χ3n) is 2.67. The van der Waals surface area contributed by atoms with Crippen LogP contribution in [0.2, 0.25) is 0 Å². The van der Waals surface area contributed by atoms with Crippen molar-refractivity contribution in [2.45, 2.75) is 27.2 Å². The summed E-state index contributed by atoms with van der Waals surface area (Å²) in [6.07, 6.45) is 0.754. The molecule has 0 unspecified atom stereocenters. The Labute approximate surface area is 106 Å². The minimum absolute atomic E-state index is 0.0694. The quantitative estimate of drug-likeness (QED) is 0.902. The highest BCUT2D eigenvalue weighted by Gasteiger charge is 2.10. The fourth-order valence-corrected chi connectivity index (χ4v) is 1.66. The number of oxazole rings is 1. The zero-order chi connectivity index (χ0) is 13.1. The number of carbonyl (C=O) groups is 1. The molecule has 0 spiro atoms. The first-order valence-corrected chi connectivity index (χ1v) is 6.27. The van der Waals surface area contributed by atoms with Crippen LogP contribution in [0, 0.1) is 5.92 Å². The van der Waals surface area contributed by atoms with Crippen LogP contribution < -0.4 is 5.32 Å². The van der Waals surface area contributed by atoms with Crippen LogP contribution in [-0.2, 0) is 6.42 Å². The fourth-order valence-electron chi connectivity index (χ4n) is 1.66. The number of carbonyl (C=O) groups excluding carboxylic acids is 1. The first-order chi connectivity index (χ1) is 8.60. The number of hydrogen-bond donors (Lipinski definition) is 1. The van der Waals surface area contributed by atoms with Crippen LogP contribution in [0.1, 0.15) is 37.0 Å². The summed E-state index contributed by atoms with van der Waals surface area (Å²) in [5.74, 6) is 1.07.